The van der Waals surface area contributed by atoms with Crippen LogP contribution in [0, 0.1) is 0 Å². The summed E-state index contributed by atoms with van der Waals surface area (Å²) < 4.78 is 0. The molecule has 1 saturated carbocycles. The van der Waals surface area contributed by atoms with Crippen LogP contribution in [-0.2, 0) is 9.59 Å². The van der Waals surface area contributed by atoms with Gasteiger partial charge < -0.3 is 10.4 Å². The summed E-state index contributed by atoms with van der Waals surface area (Å²) in [6, 6.07) is -0.493. The number of nitrogens with one attached hydrogen (secondary N) is 2. The number of imide groups is 1. The molecule has 0 atom stereocenters. The predicted octanol–water partition coefficient (Wildman–Crippen LogP) is 1.13. The molecule has 0 saturated heterocycles. The fraction of sp³-hybridized carbons (Fsp3) is 0.583. The van der Waals surface area contributed by atoms with Crippen molar-refractivity contribution in [2.24, 2.45) is 0 Å². The van der Waals surface area contributed by atoms with Crippen LogP contribution in [0.3, 0.4) is 0 Å². The van der Waals surface area contributed by atoms with Crippen molar-refractivity contribution in [1.29, 1.82) is 0 Å². The normalized spacial score (nSPS) is 23.0. The summed E-state index contributed by atoms with van der Waals surface area (Å²) in [4.78, 5) is 32.9. The van der Waals surface area contributed by atoms with Gasteiger partial charge in [-0.1, -0.05) is 0 Å². The van der Waals surface area contributed by atoms with Crippen LogP contribution in [0.1, 0.15) is 25.7 Å². The van der Waals surface area contributed by atoms with E-state index in [-0.39, 0.29) is 6.04 Å². The van der Waals surface area contributed by atoms with Gasteiger partial charge in [-0.05, 0) is 31.9 Å². The Morgan fingerprint density at radius 1 is 1.16 bits per heavy atom. The number of rotatable bonds is 4. The van der Waals surface area contributed by atoms with E-state index in [0.717, 1.165) is 31.8 Å². The van der Waals surface area contributed by atoms with E-state index in [9.17, 15) is 14.4 Å². The fourth-order valence-corrected chi connectivity index (χ4v) is 2.71. The number of carboxylic acid groups (broad SMARTS) is 1. The molecule has 1 aliphatic rings. The smallest absolute Gasteiger partial charge is 0.328 e. The lowest BCUT2D eigenvalue weighted by atomic mass is 9.95. The van der Waals surface area contributed by atoms with Crippen LogP contribution >= 0.6 is 11.8 Å². The van der Waals surface area contributed by atoms with Gasteiger partial charge in [0.05, 0.1) is 0 Å². The van der Waals surface area contributed by atoms with Gasteiger partial charge in [0, 0.05) is 23.4 Å². The molecule has 0 radical (unpaired) electrons. The highest BCUT2D eigenvalue weighted by molar-refractivity contribution is 7.99. The van der Waals surface area contributed by atoms with Gasteiger partial charge in [0.25, 0.3) is 5.91 Å². The first-order valence-electron chi connectivity index (χ1n) is 6.06. The number of urea groups is 1. The van der Waals surface area contributed by atoms with E-state index in [1.807, 2.05) is 11.8 Å². The minimum atomic E-state index is -1.23. The summed E-state index contributed by atoms with van der Waals surface area (Å²) in [6.45, 7) is 0. The topological polar surface area (TPSA) is 95.5 Å². The Morgan fingerprint density at radius 3 is 2.32 bits per heavy atom. The summed E-state index contributed by atoms with van der Waals surface area (Å²) in [5.41, 5.74) is 0. The summed E-state index contributed by atoms with van der Waals surface area (Å²) in [5.74, 6) is -1.97. The molecule has 0 heterocycles. The van der Waals surface area contributed by atoms with Crippen LogP contribution in [0.25, 0.3) is 0 Å². The van der Waals surface area contributed by atoms with Crippen molar-refractivity contribution in [3.8, 4) is 0 Å². The molecule has 7 heteroatoms. The van der Waals surface area contributed by atoms with Crippen LogP contribution in [-0.4, -0.2) is 40.6 Å². The number of hydrogen-bond acceptors (Lipinski definition) is 4. The fourth-order valence-electron chi connectivity index (χ4n) is 1.96. The first kappa shape index (κ1) is 15.6. The Morgan fingerprint density at radius 2 is 1.79 bits per heavy atom. The second-order valence-electron chi connectivity index (χ2n) is 4.34. The maximum atomic E-state index is 11.5. The lowest BCUT2D eigenvalue weighted by Gasteiger charge is -2.27. The summed E-state index contributed by atoms with van der Waals surface area (Å²) in [5, 5.41) is 13.8. The van der Waals surface area contributed by atoms with Crippen molar-refractivity contribution in [1.82, 2.24) is 10.6 Å². The highest BCUT2D eigenvalue weighted by Crippen LogP contribution is 2.26. The van der Waals surface area contributed by atoms with Crippen LogP contribution in [0.5, 0.6) is 0 Å². The van der Waals surface area contributed by atoms with Crippen molar-refractivity contribution >= 4 is 29.7 Å². The Kier molecular flexibility index (Phi) is 6.41. The van der Waals surface area contributed by atoms with Gasteiger partial charge in [-0.2, -0.15) is 11.8 Å². The van der Waals surface area contributed by atoms with E-state index < -0.39 is 17.9 Å². The van der Waals surface area contributed by atoms with E-state index >= 15 is 0 Å². The van der Waals surface area contributed by atoms with Crippen LogP contribution in [0.2, 0.25) is 0 Å². The molecule has 0 aliphatic heterocycles. The van der Waals surface area contributed by atoms with Crippen LogP contribution < -0.4 is 10.6 Å². The molecule has 6 nitrogen and oxygen atoms in total. The van der Waals surface area contributed by atoms with E-state index in [1.165, 1.54) is 0 Å². The first-order chi connectivity index (χ1) is 9.01. The molecular formula is C12H18N2O4S. The number of carboxylic acids is 1. The number of carbonyl (C=O) groups excluding carboxylic acids is 2. The van der Waals surface area contributed by atoms with Crippen molar-refractivity contribution in [2.45, 2.75) is 37.0 Å². The number of carbonyl (C=O) groups is 3. The molecule has 3 amide bonds. The van der Waals surface area contributed by atoms with Gasteiger partial charge in [-0.3, -0.25) is 10.1 Å². The monoisotopic (exact) mass is 286 g/mol. The third kappa shape index (κ3) is 6.28. The van der Waals surface area contributed by atoms with Gasteiger partial charge >= 0.3 is 12.0 Å². The zero-order chi connectivity index (χ0) is 14.3. The standard InChI is InChI=1S/C12H18N2O4S/c1-19-9-4-2-8(3-5-9)13-12(18)14-10(15)6-7-11(16)17/h6-9H,2-5H2,1H3,(H,16,17)(H2,13,14,15,18)/b7-6+. The molecule has 1 aliphatic carbocycles. The number of amides is 3. The minimum absolute atomic E-state index is 0.0830. The van der Waals surface area contributed by atoms with Crippen molar-refractivity contribution in [3.05, 3.63) is 12.2 Å². The Hall–Kier alpha value is -1.50. The molecule has 0 aromatic rings. The molecule has 0 spiro atoms. The van der Waals surface area contributed by atoms with E-state index in [0.29, 0.717) is 11.3 Å². The molecule has 106 valence electrons. The zero-order valence-electron chi connectivity index (χ0n) is 10.7. The molecule has 0 aromatic heterocycles. The number of hydrogen-bond donors (Lipinski definition) is 3. The second-order valence-corrected chi connectivity index (χ2v) is 5.48. The highest BCUT2D eigenvalue weighted by Gasteiger charge is 2.21. The summed E-state index contributed by atoms with van der Waals surface area (Å²) in [6.07, 6.45) is 7.49. The van der Waals surface area contributed by atoms with Gasteiger partial charge in [-0.15, -0.1) is 0 Å². The van der Waals surface area contributed by atoms with E-state index in [4.69, 9.17) is 5.11 Å². The zero-order valence-corrected chi connectivity index (χ0v) is 11.5. The summed E-state index contributed by atoms with van der Waals surface area (Å²) in [7, 11) is 0. The largest absolute Gasteiger partial charge is 0.478 e. The summed E-state index contributed by atoms with van der Waals surface area (Å²) >= 11 is 1.84. The maximum Gasteiger partial charge on any atom is 0.328 e. The third-order valence-electron chi connectivity index (χ3n) is 2.96. The Bertz CT molecular complexity index is 376. The average Bonchev–Trinajstić information content (AvgIpc) is 2.37. The Labute approximate surface area is 116 Å². The predicted molar refractivity (Wildman–Crippen MR) is 73.0 cm³/mol. The van der Waals surface area contributed by atoms with Crippen molar-refractivity contribution < 1.29 is 19.5 Å². The van der Waals surface area contributed by atoms with Crippen LogP contribution in [0.4, 0.5) is 4.79 Å². The lowest BCUT2D eigenvalue weighted by molar-refractivity contribution is -0.131. The number of thioether (sulfide) groups is 1. The third-order valence-corrected chi connectivity index (χ3v) is 4.09. The van der Waals surface area contributed by atoms with Gasteiger partial charge in [0.15, 0.2) is 0 Å². The van der Waals surface area contributed by atoms with Gasteiger partial charge in [-0.25, -0.2) is 9.59 Å². The molecule has 0 bridgehead atoms. The van der Waals surface area contributed by atoms with Crippen molar-refractivity contribution in [2.75, 3.05) is 6.26 Å². The molecule has 19 heavy (non-hydrogen) atoms. The molecular weight excluding hydrogens is 268 g/mol. The second kappa shape index (κ2) is 7.83. The van der Waals surface area contributed by atoms with Crippen molar-refractivity contribution in [3.63, 3.8) is 0 Å². The molecule has 3 N–H and O–H groups in total. The van der Waals surface area contributed by atoms with Crippen LogP contribution in [0.15, 0.2) is 12.2 Å². The molecule has 1 fully saturated rings. The average molecular weight is 286 g/mol. The van der Waals surface area contributed by atoms with Gasteiger partial charge in [0.2, 0.25) is 0 Å². The SMILES string of the molecule is CSC1CCC(NC(=O)NC(=O)/C=C/C(=O)O)CC1. The number of aliphatic carboxylic acids is 1. The molecule has 0 unspecified atom stereocenters. The molecule has 1 rings (SSSR count). The first-order valence-corrected chi connectivity index (χ1v) is 7.35. The van der Waals surface area contributed by atoms with E-state index in [2.05, 4.69) is 16.9 Å². The molecule has 0 aromatic carbocycles. The van der Waals surface area contributed by atoms with Gasteiger partial charge in [0.1, 0.15) is 0 Å². The quantitative estimate of drug-likeness (QED) is 0.673. The lowest BCUT2D eigenvalue weighted by Crippen LogP contribution is -2.45. The highest BCUT2D eigenvalue weighted by atomic mass is 32.2. The Balaban J connectivity index is 2.28. The van der Waals surface area contributed by atoms with E-state index in [1.54, 1.807) is 0 Å². The minimum Gasteiger partial charge on any atom is -0.478 e. The maximum absolute atomic E-state index is 11.5.